The van der Waals surface area contributed by atoms with Crippen molar-refractivity contribution >= 4 is 57.5 Å². The average Bonchev–Trinajstić information content (AvgIpc) is 2.74. The molecule has 3 rings (SSSR count). The lowest BCUT2D eigenvalue weighted by molar-refractivity contribution is -0.118. The van der Waals surface area contributed by atoms with Crippen molar-refractivity contribution in [2.24, 2.45) is 0 Å². The first kappa shape index (κ1) is 21.2. The van der Waals surface area contributed by atoms with Gasteiger partial charge in [0.05, 0.1) is 5.75 Å². The van der Waals surface area contributed by atoms with Crippen molar-refractivity contribution in [1.29, 1.82) is 0 Å². The van der Waals surface area contributed by atoms with Gasteiger partial charge in [-0.3, -0.25) is 9.59 Å². The molecule has 0 atom stereocenters. The lowest BCUT2D eigenvalue weighted by Gasteiger charge is -2.08. The number of ether oxygens (including phenoxy) is 1. The molecule has 0 saturated heterocycles. The zero-order valence-electron chi connectivity index (χ0n) is 15.4. The van der Waals surface area contributed by atoms with E-state index in [1.807, 2.05) is 54.6 Å². The molecule has 5 nitrogen and oxygen atoms in total. The highest BCUT2D eigenvalue weighted by atomic mass is 127. The summed E-state index contributed by atoms with van der Waals surface area (Å²) in [5.74, 6) is 0.665. The fraction of sp³-hybridized carbons (Fsp3) is 0.0909. The van der Waals surface area contributed by atoms with E-state index in [9.17, 15) is 9.59 Å². The highest BCUT2D eigenvalue weighted by molar-refractivity contribution is 14.1. The maximum absolute atomic E-state index is 12.1. The first-order valence-corrected chi connectivity index (χ1v) is 10.9. The van der Waals surface area contributed by atoms with E-state index in [0.29, 0.717) is 17.2 Å². The van der Waals surface area contributed by atoms with Gasteiger partial charge in [0.2, 0.25) is 5.91 Å². The van der Waals surface area contributed by atoms with Crippen molar-refractivity contribution in [3.63, 3.8) is 0 Å². The molecule has 0 radical (unpaired) electrons. The molecular formula is C22H19IN2O3S. The number of carbonyl (C=O) groups is 2. The molecule has 29 heavy (non-hydrogen) atoms. The molecule has 0 aromatic heterocycles. The Kier molecular flexibility index (Phi) is 7.94. The number of halogens is 1. The molecular weight excluding hydrogens is 499 g/mol. The highest BCUT2D eigenvalue weighted by Gasteiger charge is 2.06. The van der Waals surface area contributed by atoms with Gasteiger partial charge in [0.25, 0.3) is 5.91 Å². The SMILES string of the molecule is O=C(COc1ccccc1)Nc1ccc(SCC(=O)Nc2ccc(I)cc2)cc1. The molecule has 148 valence electrons. The second-order valence-corrected chi connectivity index (χ2v) is 8.31. The minimum Gasteiger partial charge on any atom is -0.484 e. The van der Waals surface area contributed by atoms with Crippen LogP contribution in [0.3, 0.4) is 0 Å². The van der Waals surface area contributed by atoms with Crippen LogP contribution >= 0.6 is 34.4 Å². The molecule has 0 spiro atoms. The van der Waals surface area contributed by atoms with Crippen LogP contribution in [0.15, 0.2) is 83.8 Å². The van der Waals surface area contributed by atoms with Gasteiger partial charge in [-0.05, 0) is 83.3 Å². The number of para-hydroxylation sites is 1. The van der Waals surface area contributed by atoms with Gasteiger partial charge in [-0.15, -0.1) is 11.8 Å². The number of amides is 2. The van der Waals surface area contributed by atoms with Gasteiger partial charge in [-0.2, -0.15) is 0 Å². The Morgan fingerprint density at radius 3 is 2.03 bits per heavy atom. The quantitative estimate of drug-likeness (QED) is 0.324. The molecule has 0 heterocycles. The zero-order valence-corrected chi connectivity index (χ0v) is 18.4. The van der Waals surface area contributed by atoms with E-state index in [0.717, 1.165) is 14.2 Å². The van der Waals surface area contributed by atoms with E-state index in [1.54, 1.807) is 24.3 Å². The molecule has 3 aromatic carbocycles. The number of anilines is 2. The summed E-state index contributed by atoms with van der Waals surface area (Å²) in [5.41, 5.74) is 1.46. The van der Waals surface area contributed by atoms with Gasteiger partial charge >= 0.3 is 0 Å². The first-order valence-electron chi connectivity index (χ1n) is 8.84. The lowest BCUT2D eigenvalue weighted by Crippen LogP contribution is -2.20. The second-order valence-electron chi connectivity index (χ2n) is 6.02. The van der Waals surface area contributed by atoms with E-state index < -0.39 is 0 Å². The Labute approximate surface area is 187 Å². The van der Waals surface area contributed by atoms with Gasteiger partial charge in [-0.25, -0.2) is 0 Å². The number of benzene rings is 3. The van der Waals surface area contributed by atoms with Crippen molar-refractivity contribution in [3.05, 3.63) is 82.4 Å². The Hall–Kier alpha value is -2.52. The topological polar surface area (TPSA) is 67.4 Å². The summed E-state index contributed by atoms with van der Waals surface area (Å²) < 4.78 is 6.54. The van der Waals surface area contributed by atoms with Gasteiger partial charge in [0, 0.05) is 19.8 Å². The summed E-state index contributed by atoms with van der Waals surface area (Å²) in [7, 11) is 0. The standard InChI is InChI=1S/C22H19IN2O3S/c23-16-6-8-17(9-7-16)25-22(27)15-29-20-12-10-18(11-13-20)24-21(26)14-28-19-4-2-1-3-5-19/h1-13H,14-15H2,(H,24,26)(H,25,27). The van der Waals surface area contributed by atoms with E-state index in [2.05, 4.69) is 33.2 Å². The predicted octanol–water partition coefficient (Wildman–Crippen LogP) is 5.04. The first-order chi connectivity index (χ1) is 14.1. The summed E-state index contributed by atoms with van der Waals surface area (Å²) in [6.07, 6.45) is 0. The molecule has 0 aliphatic heterocycles. The molecule has 7 heteroatoms. The molecule has 2 N–H and O–H groups in total. The van der Waals surface area contributed by atoms with Crippen molar-refractivity contribution < 1.29 is 14.3 Å². The Balaban J connectivity index is 1.41. The summed E-state index contributed by atoms with van der Waals surface area (Å²) in [5, 5.41) is 5.66. The van der Waals surface area contributed by atoms with E-state index in [4.69, 9.17) is 4.74 Å². The van der Waals surface area contributed by atoms with Crippen LogP contribution in [-0.2, 0) is 9.59 Å². The third-order valence-electron chi connectivity index (χ3n) is 3.75. The molecule has 0 aliphatic carbocycles. The van der Waals surface area contributed by atoms with Gasteiger partial charge in [0.15, 0.2) is 6.61 Å². The number of nitrogens with one attached hydrogen (secondary N) is 2. The number of hydrogen-bond donors (Lipinski definition) is 2. The lowest BCUT2D eigenvalue weighted by atomic mass is 10.3. The maximum atomic E-state index is 12.1. The van der Waals surface area contributed by atoms with Crippen LogP contribution in [0.4, 0.5) is 11.4 Å². The minimum atomic E-state index is -0.230. The number of carbonyl (C=O) groups excluding carboxylic acids is 2. The molecule has 0 bridgehead atoms. The molecule has 0 unspecified atom stereocenters. The third kappa shape index (κ3) is 7.43. The average molecular weight is 518 g/mol. The maximum Gasteiger partial charge on any atom is 0.262 e. The van der Waals surface area contributed by atoms with Gasteiger partial charge in [0.1, 0.15) is 5.75 Å². The van der Waals surface area contributed by atoms with Gasteiger partial charge < -0.3 is 15.4 Å². The van der Waals surface area contributed by atoms with Crippen molar-refractivity contribution in [2.45, 2.75) is 4.90 Å². The molecule has 3 aromatic rings. The normalized spacial score (nSPS) is 10.2. The molecule has 0 fully saturated rings. The fourth-order valence-electron chi connectivity index (χ4n) is 2.38. The molecule has 0 aliphatic rings. The third-order valence-corrected chi connectivity index (χ3v) is 5.48. The van der Waals surface area contributed by atoms with Crippen LogP contribution in [0.5, 0.6) is 5.75 Å². The number of hydrogen-bond acceptors (Lipinski definition) is 4. The molecule has 0 saturated carbocycles. The van der Waals surface area contributed by atoms with E-state index >= 15 is 0 Å². The largest absolute Gasteiger partial charge is 0.484 e. The highest BCUT2D eigenvalue weighted by Crippen LogP contribution is 2.21. The van der Waals surface area contributed by atoms with Crippen molar-refractivity contribution in [1.82, 2.24) is 0 Å². The van der Waals surface area contributed by atoms with Crippen LogP contribution in [0.25, 0.3) is 0 Å². The predicted molar refractivity (Wildman–Crippen MR) is 126 cm³/mol. The van der Waals surface area contributed by atoms with Crippen molar-refractivity contribution in [2.75, 3.05) is 23.0 Å². The van der Waals surface area contributed by atoms with Crippen LogP contribution in [0.2, 0.25) is 0 Å². The number of rotatable bonds is 8. The fourth-order valence-corrected chi connectivity index (χ4v) is 3.43. The van der Waals surface area contributed by atoms with Crippen molar-refractivity contribution in [3.8, 4) is 5.75 Å². The Morgan fingerprint density at radius 1 is 0.793 bits per heavy atom. The zero-order chi connectivity index (χ0) is 20.5. The van der Waals surface area contributed by atoms with Gasteiger partial charge in [-0.1, -0.05) is 18.2 Å². The van der Waals surface area contributed by atoms with Crippen LogP contribution in [0.1, 0.15) is 0 Å². The minimum absolute atomic E-state index is 0.0563. The van der Waals surface area contributed by atoms with Crippen LogP contribution in [0, 0.1) is 3.57 Å². The summed E-state index contributed by atoms with van der Waals surface area (Å²) in [6.45, 7) is -0.0563. The summed E-state index contributed by atoms with van der Waals surface area (Å²) >= 11 is 3.66. The molecule has 2 amide bonds. The summed E-state index contributed by atoms with van der Waals surface area (Å²) in [4.78, 5) is 25.0. The second kappa shape index (κ2) is 10.9. The number of thioether (sulfide) groups is 1. The Bertz CT molecular complexity index is 948. The smallest absolute Gasteiger partial charge is 0.262 e. The Morgan fingerprint density at radius 2 is 1.38 bits per heavy atom. The van der Waals surface area contributed by atoms with E-state index in [1.165, 1.54) is 11.8 Å². The van der Waals surface area contributed by atoms with E-state index in [-0.39, 0.29) is 18.4 Å². The van der Waals surface area contributed by atoms with Crippen LogP contribution in [-0.4, -0.2) is 24.2 Å². The van der Waals surface area contributed by atoms with Crippen LogP contribution < -0.4 is 15.4 Å². The monoisotopic (exact) mass is 518 g/mol. The summed E-state index contributed by atoms with van der Waals surface area (Å²) in [6, 6.07) is 24.2.